The highest BCUT2D eigenvalue weighted by Crippen LogP contribution is 2.33. The van der Waals surface area contributed by atoms with E-state index in [9.17, 15) is 14.7 Å². The number of carbonyl (C=O) groups is 2. The maximum Gasteiger partial charge on any atom is 0.260 e. The van der Waals surface area contributed by atoms with E-state index in [2.05, 4.69) is 25.7 Å². The topological polar surface area (TPSA) is 182 Å². The molecule has 0 radical (unpaired) electrons. The number of aromatic nitrogens is 4. The molecule has 2 amide bonds. The third kappa shape index (κ3) is 3.99. The summed E-state index contributed by atoms with van der Waals surface area (Å²) < 4.78 is 15.9. The van der Waals surface area contributed by atoms with E-state index in [1.54, 1.807) is 36.7 Å². The Labute approximate surface area is 204 Å². The number of H-pyrrole nitrogens is 1. The third-order valence-electron chi connectivity index (χ3n) is 5.96. The quantitative estimate of drug-likeness (QED) is 0.306. The van der Waals surface area contributed by atoms with Gasteiger partial charge in [0.2, 0.25) is 5.88 Å². The normalized spacial score (nSPS) is 17.7. The SMILES string of the molecule is COc1cc(-c2cn[nH]c2N2CCO[C@H]([C@@](C)(O)C(=O)Nc3ccc4c(N)noc4c3)C2=O)ccn1. The second-order valence-corrected chi connectivity index (χ2v) is 8.34. The molecule has 4 aromatic rings. The molecule has 5 N–H and O–H groups in total. The molecular formula is C23H23N7O6. The van der Waals surface area contributed by atoms with E-state index in [1.165, 1.54) is 25.0 Å². The number of hydrogen-bond donors (Lipinski definition) is 4. The smallest absolute Gasteiger partial charge is 0.260 e. The lowest BCUT2D eigenvalue weighted by Crippen LogP contribution is -2.61. The zero-order valence-electron chi connectivity index (χ0n) is 19.4. The predicted octanol–water partition coefficient (Wildman–Crippen LogP) is 1.33. The zero-order chi connectivity index (χ0) is 25.4. The summed E-state index contributed by atoms with van der Waals surface area (Å²) in [5, 5.41) is 24.9. The molecule has 1 aliphatic rings. The van der Waals surface area contributed by atoms with Gasteiger partial charge < -0.3 is 30.2 Å². The lowest BCUT2D eigenvalue weighted by molar-refractivity contribution is -0.165. The molecule has 0 bridgehead atoms. The number of rotatable bonds is 6. The van der Waals surface area contributed by atoms with Gasteiger partial charge in [0.25, 0.3) is 11.8 Å². The molecular weight excluding hydrogens is 470 g/mol. The number of nitrogen functional groups attached to an aromatic ring is 1. The molecule has 0 saturated carbocycles. The summed E-state index contributed by atoms with van der Waals surface area (Å²) in [6.07, 6.45) is 1.67. The molecule has 4 heterocycles. The van der Waals surface area contributed by atoms with Crippen LogP contribution in [0.2, 0.25) is 0 Å². The summed E-state index contributed by atoms with van der Waals surface area (Å²) in [5.74, 6) is -0.424. The Balaban J connectivity index is 1.38. The number of fused-ring (bicyclic) bond motifs is 1. The fraction of sp³-hybridized carbons (Fsp3) is 0.261. The second kappa shape index (κ2) is 8.94. The summed E-state index contributed by atoms with van der Waals surface area (Å²) in [5.41, 5.74) is 5.54. The van der Waals surface area contributed by atoms with E-state index in [-0.39, 0.29) is 19.0 Å². The first kappa shape index (κ1) is 23.3. The Kier molecular flexibility index (Phi) is 5.78. The van der Waals surface area contributed by atoms with Gasteiger partial charge in [-0.1, -0.05) is 5.16 Å². The van der Waals surface area contributed by atoms with Crippen LogP contribution in [0.3, 0.4) is 0 Å². The van der Waals surface area contributed by atoms with Crippen molar-refractivity contribution in [2.45, 2.75) is 18.6 Å². The number of pyridine rings is 1. The lowest BCUT2D eigenvalue weighted by atomic mass is 9.95. The highest BCUT2D eigenvalue weighted by molar-refractivity contribution is 6.07. The first-order valence-electron chi connectivity index (χ1n) is 10.9. The maximum absolute atomic E-state index is 13.5. The van der Waals surface area contributed by atoms with Gasteiger partial charge in [0.05, 0.1) is 31.8 Å². The van der Waals surface area contributed by atoms with Crippen molar-refractivity contribution in [3.05, 3.63) is 42.7 Å². The minimum Gasteiger partial charge on any atom is -0.481 e. The number of benzene rings is 1. The Morgan fingerprint density at radius 3 is 3.00 bits per heavy atom. The molecule has 1 saturated heterocycles. The minimum absolute atomic E-state index is 0.0846. The van der Waals surface area contributed by atoms with Gasteiger partial charge >= 0.3 is 0 Å². The van der Waals surface area contributed by atoms with Crippen LogP contribution in [-0.4, -0.2) is 69.2 Å². The Morgan fingerprint density at radius 1 is 1.36 bits per heavy atom. The van der Waals surface area contributed by atoms with Gasteiger partial charge in [-0.15, -0.1) is 0 Å². The van der Waals surface area contributed by atoms with E-state index in [4.69, 9.17) is 19.7 Å². The van der Waals surface area contributed by atoms with Crippen molar-refractivity contribution < 1.29 is 28.7 Å². The number of methoxy groups -OCH3 is 1. The highest BCUT2D eigenvalue weighted by Gasteiger charge is 2.49. The van der Waals surface area contributed by atoms with Crippen LogP contribution in [0, 0.1) is 0 Å². The lowest BCUT2D eigenvalue weighted by Gasteiger charge is -2.38. The molecule has 2 atom stereocenters. The van der Waals surface area contributed by atoms with Gasteiger partial charge in [-0.3, -0.25) is 19.6 Å². The fourth-order valence-corrected chi connectivity index (χ4v) is 4.01. The number of nitrogens with two attached hydrogens (primary N) is 1. The Morgan fingerprint density at radius 2 is 2.19 bits per heavy atom. The summed E-state index contributed by atoms with van der Waals surface area (Å²) in [7, 11) is 1.50. The van der Waals surface area contributed by atoms with Gasteiger partial charge in [-0.25, -0.2) is 4.98 Å². The van der Waals surface area contributed by atoms with Gasteiger partial charge in [0.1, 0.15) is 5.82 Å². The molecule has 36 heavy (non-hydrogen) atoms. The average molecular weight is 493 g/mol. The molecule has 1 aliphatic heterocycles. The van der Waals surface area contributed by atoms with E-state index in [1.807, 2.05) is 0 Å². The van der Waals surface area contributed by atoms with E-state index in [0.717, 1.165) is 5.56 Å². The van der Waals surface area contributed by atoms with Gasteiger partial charge in [0.15, 0.2) is 23.1 Å². The number of nitrogens with zero attached hydrogens (tertiary/aromatic N) is 4. The number of hydrogen-bond acceptors (Lipinski definition) is 10. The van der Waals surface area contributed by atoms with Crippen molar-refractivity contribution in [1.29, 1.82) is 0 Å². The van der Waals surface area contributed by atoms with Crippen LogP contribution in [0.25, 0.3) is 22.1 Å². The van der Waals surface area contributed by atoms with Crippen molar-refractivity contribution >= 4 is 40.1 Å². The maximum atomic E-state index is 13.5. The number of anilines is 3. The number of nitrogens with one attached hydrogen (secondary N) is 2. The first-order valence-corrected chi connectivity index (χ1v) is 10.9. The minimum atomic E-state index is -2.20. The third-order valence-corrected chi connectivity index (χ3v) is 5.96. The predicted molar refractivity (Wildman–Crippen MR) is 128 cm³/mol. The van der Waals surface area contributed by atoms with Crippen molar-refractivity contribution in [3.63, 3.8) is 0 Å². The largest absolute Gasteiger partial charge is 0.481 e. The number of aromatic amines is 1. The van der Waals surface area contributed by atoms with Crippen LogP contribution in [0.4, 0.5) is 17.3 Å². The molecule has 5 rings (SSSR count). The second-order valence-electron chi connectivity index (χ2n) is 8.34. The van der Waals surface area contributed by atoms with Crippen LogP contribution in [-0.2, 0) is 14.3 Å². The molecule has 13 nitrogen and oxygen atoms in total. The molecule has 1 aromatic carbocycles. The average Bonchev–Trinajstić information content (AvgIpc) is 3.51. The van der Waals surface area contributed by atoms with Crippen LogP contribution >= 0.6 is 0 Å². The Bertz CT molecular complexity index is 1450. The van der Waals surface area contributed by atoms with Crippen molar-refractivity contribution in [3.8, 4) is 17.0 Å². The Hall–Kier alpha value is -4.49. The van der Waals surface area contributed by atoms with Crippen LogP contribution < -0.4 is 20.7 Å². The highest BCUT2D eigenvalue weighted by atomic mass is 16.5. The standard InChI is InChI=1S/C23H23N7O6/c1-23(33,22(32)27-13-3-4-14-16(10-13)36-29-19(14)24)18-21(31)30(7-8-35-18)20-15(11-26-28-20)12-5-6-25-17(9-12)34-2/h3-6,9-11,18,33H,7-8H2,1-2H3,(H2,24,29)(H,26,28)(H,27,32)/t18-,23+/m0/s1. The van der Waals surface area contributed by atoms with Crippen LogP contribution in [0.5, 0.6) is 5.88 Å². The van der Waals surface area contributed by atoms with E-state index < -0.39 is 23.5 Å². The number of ether oxygens (including phenoxy) is 2. The van der Waals surface area contributed by atoms with Crippen molar-refractivity contribution in [2.75, 3.05) is 36.2 Å². The van der Waals surface area contributed by atoms with Gasteiger partial charge in [-0.2, -0.15) is 5.10 Å². The first-order chi connectivity index (χ1) is 17.3. The monoisotopic (exact) mass is 493 g/mol. The molecule has 0 aliphatic carbocycles. The molecule has 13 heteroatoms. The van der Waals surface area contributed by atoms with E-state index >= 15 is 0 Å². The summed E-state index contributed by atoms with van der Waals surface area (Å²) in [6.45, 7) is 1.50. The number of amides is 2. The molecule has 1 fully saturated rings. The van der Waals surface area contributed by atoms with Crippen LogP contribution in [0.15, 0.2) is 47.2 Å². The van der Waals surface area contributed by atoms with Crippen LogP contribution in [0.1, 0.15) is 6.92 Å². The fourth-order valence-electron chi connectivity index (χ4n) is 4.01. The molecule has 0 spiro atoms. The van der Waals surface area contributed by atoms with E-state index in [0.29, 0.717) is 33.9 Å². The van der Waals surface area contributed by atoms with Gasteiger partial charge in [0, 0.05) is 29.6 Å². The number of morpholine rings is 1. The molecule has 186 valence electrons. The zero-order valence-corrected chi connectivity index (χ0v) is 19.4. The van der Waals surface area contributed by atoms with Crippen molar-refractivity contribution in [1.82, 2.24) is 20.3 Å². The van der Waals surface area contributed by atoms with Crippen molar-refractivity contribution in [2.24, 2.45) is 0 Å². The van der Waals surface area contributed by atoms with Gasteiger partial charge in [-0.05, 0) is 30.7 Å². The summed E-state index contributed by atoms with van der Waals surface area (Å²) in [6, 6.07) is 8.19. The number of carbonyl (C=O) groups excluding carboxylic acids is 2. The molecule has 0 unspecified atom stereocenters. The summed E-state index contributed by atoms with van der Waals surface area (Å²) in [4.78, 5) is 32.0. The molecule has 3 aromatic heterocycles. The summed E-state index contributed by atoms with van der Waals surface area (Å²) >= 11 is 0. The number of aliphatic hydroxyl groups is 1.